The molecule has 1 aliphatic heterocycles. The van der Waals surface area contributed by atoms with E-state index in [9.17, 15) is 9.59 Å². The summed E-state index contributed by atoms with van der Waals surface area (Å²) in [7, 11) is 1.76. The van der Waals surface area contributed by atoms with E-state index in [1.165, 1.54) is 11.3 Å². The van der Waals surface area contributed by atoms with Crippen LogP contribution < -0.4 is 0 Å². The molecule has 9 heteroatoms. The number of hydrogen-bond donors (Lipinski definition) is 0. The Morgan fingerprint density at radius 2 is 1.94 bits per heavy atom. The van der Waals surface area contributed by atoms with Gasteiger partial charge in [-0.1, -0.05) is 36.4 Å². The Morgan fingerprint density at radius 1 is 1.11 bits per heavy atom. The van der Waals surface area contributed by atoms with Crippen LogP contribution in [0, 0.1) is 0 Å². The van der Waals surface area contributed by atoms with Crippen LogP contribution in [0.2, 0.25) is 0 Å². The van der Waals surface area contributed by atoms with Crippen molar-refractivity contribution >= 4 is 23.2 Å². The summed E-state index contributed by atoms with van der Waals surface area (Å²) in [6.45, 7) is 1.95. The Balaban J connectivity index is 1.42. The molecule has 0 N–H and O–H groups in total. The maximum atomic E-state index is 13.5. The summed E-state index contributed by atoms with van der Waals surface area (Å²) in [5.74, 6) is -0.142. The van der Waals surface area contributed by atoms with Gasteiger partial charge in [0.05, 0.1) is 30.7 Å². The van der Waals surface area contributed by atoms with Crippen molar-refractivity contribution in [1.29, 1.82) is 0 Å². The fourth-order valence-corrected chi connectivity index (χ4v) is 4.91. The number of thiazole rings is 1. The van der Waals surface area contributed by atoms with Gasteiger partial charge in [-0.2, -0.15) is 5.10 Å². The molecule has 0 saturated carbocycles. The van der Waals surface area contributed by atoms with Crippen LogP contribution in [0.15, 0.2) is 65.7 Å². The molecule has 1 aliphatic rings. The second-order valence-electron chi connectivity index (χ2n) is 8.66. The quantitative estimate of drug-likeness (QED) is 0.401. The van der Waals surface area contributed by atoms with E-state index in [1.807, 2.05) is 45.3 Å². The maximum absolute atomic E-state index is 13.5. The van der Waals surface area contributed by atoms with Gasteiger partial charge in [0.2, 0.25) is 5.91 Å². The molecule has 0 unspecified atom stereocenters. The van der Waals surface area contributed by atoms with Crippen LogP contribution in [0.25, 0.3) is 0 Å². The second-order valence-corrected chi connectivity index (χ2v) is 9.38. The van der Waals surface area contributed by atoms with Gasteiger partial charge in [0.15, 0.2) is 5.69 Å². The number of nitrogens with zero attached hydrogens (tertiary/aromatic N) is 6. The predicted octanol–water partition coefficient (Wildman–Crippen LogP) is 3.18. The van der Waals surface area contributed by atoms with Crippen molar-refractivity contribution in [3.05, 3.63) is 99.5 Å². The summed E-state index contributed by atoms with van der Waals surface area (Å²) in [6.07, 6.45) is 4.35. The normalized spacial score (nSPS) is 12.9. The molecule has 2 amide bonds. The van der Waals surface area contributed by atoms with E-state index < -0.39 is 0 Å². The average molecular weight is 487 g/mol. The molecule has 35 heavy (non-hydrogen) atoms. The lowest BCUT2D eigenvalue weighted by Gasteiger charge is -2.28. The summed E-state index contributed by atoms with van der Waals surface area (Å²) in [5.41, 5.74) is 6.86. The lowest BCUT2D eigenvalue weighted by atomic mass is 10.0. The SMILES string of the molecule is CN(Cc1cscn1)C(=O)c1nn(Cc2ccccc2)c2c1CN(C(=O)Cc1cccnc1)CC2. The summed E-state index contributed by atoms with van der Waals surface area (Å²) in [6, 6.07) is 13.8. The molecule has 4 aromatic rings. The molecule has 0 saturated heterocycles. The van der Waals surface area contributed by atoms with Crippen LogP contribution in [0.4, 0.5) is 0 Å². The minimum atomic E-state index is -0.164. The number of pyridine rings is 1. The lowest BCUT2D eigenvalue weighted by molar-refractivity contribution is -0.131. The van der Waals surface area contributed by atoms with Crippen molar-refractivity contribution in [3.8, 4) is 0 Å². The van der Waals surface area contributed by atoms with Crippen LogP contribution in [-0.4, -0.2) is 55.0 Å². The Bertz CT molecular complexity index is 1300. The van der Waals surface area contributed by atoms with Gasteiger partial charge in [0.1, 0.15) is 0 Å². The number of benzene rings is 1. The molecule has 0 radical (unpaired) electrons. The number of hydrogen-bond acceptors (Lipinski definition) is 6. The van der Waals surface area contributed by atoms with E-state index in [0.29, 0.717) is 38.3 Å². The number of rotatable bonds is 7. The van der Waals surface area contributed by atoms with Crippen LogP contribution in [-0.2, 0) is 37.3 Å². The first-order valence-corrected chi connectivity index (χ1v) is 12.4. The first-order chi connectivity index (χ1) is 17.1. The molecule has 4 heterocycles. The zero-order valence-corrected chi connectivity index (χ0v) is 20.3. The number of carbonyl (C=O) groups excluding carboxylic acids is 2. The van der Waals surface area contributed by atoms with Gasteiger partial charge in [0, 0.05) is 55.6 Å². The third-order valence-electron chi connectivity index (χ3n) is 6.17. The first-order valence-electron chi connectivity index (χ1n) is 11.5. The number of aromatic nitrogens is 4. The fraction of sp³-hybridized carbons (Fsp3) is 0.269. The Labute approximate surface area is 207 Å². The van der Waals surface area contributed by atoms with Gasteiger partial charge in [-0.15, -0.1) is 11.3 Å². The van der Waals surface area contributed by atoms with E-state index in [0.717, 1.165) is 28.1 Å². The number of carbonyl (C=O) groups is 2. The molecule has 8 nitrogen and oxygen atoms in total. The first kappa shape index (κ1) is 22.9. The van der Waals surface area contributed by atoms with Crippen LogP contribution >= 0.6 is 11.3 Å². The van der Waals surface area contributed by atoms with Crippen molar-refractivity contribution in [2.75, 3.05) is 13.6 Å². The molecule has 5 rings (SSSR count). The maximum Gasteiger partial charge on any atom is 0.274 e. The van der Waals surface area contributed by atoms with Gasteiger partial charge >= 0.3 is 0 Å². The fourth-order valence-electron chi connectivity index (χ4n) is 4.36. The Hall–Kier alpha value is -3.85. The van der Waals surface area contributed by atoms with Gasteiger partial charge in [-0.05, 0) is 17.2 Å². The highest BCUT2D eigenvalue weighted by Gasteiger charge is 2.31. The number of amides is 2. The molecule has 0 atom stereocenters. The third kappa shape index (κ3) is 5.14. The second kappa shape index (κ2) is 10.2. The topological polar surface area (TPSA) is 84.2 Å². The minimum Gasteiger partial charge on any atom is -0.338 e. The Morgan fingerprint density at radius 3 is 2.69 bits per heavy atom. The largest absolute Gasteiger partial charge is 0.338 e. The summed E-state index contributed by atoms with van der Waals surface area (Å²) in [4.78, 5) is 38.4. The third-order valence-corrected chi connectivity index (χ3v) is 6.81. The molecule has 178 valence electrons. The smallest absolute Gasteiger partial charge is 0.274 e. The number of fused-ring (bicyclic) bond motifs is 1. The monoisotopic (exact) mass is 486 g/mol. The van der Waals surface area contributed by atoms with Crippen molar-refractivity contribution in [2.24, 2.45) is 0 Å². The van der Waals surface area contributed by atoms with Crippen LogP contribution in [0.1, 0.15) is 38.6 Å². The highest BCUT2D eigenvalue weighted by atomic mass is 32.1. The van der Waals surface area contributed by atoms with Gasteiger partial charge in [-0.3, -0.25) is 19.3 Å². The molecule has 0 aliphatic carbocycles. The Kier molecular flexibility index (Phi) is 6.67. The molecule has 3 aromatic heterocycles. The van der Waals surface area contributed by atoms with E-state index >= 15 is 0 Å². The van der Waals surface area contributed by atoms with E-state index in [2.05, 4.69) is 22.1 Å². The highest BCUT2D eigenvalue weighted by molar-refractivity contribution is 7.07. The zero-order chi connectivity index (χ0) is 24.2. The molecule has 1 aromatic carbocycles. The van der Waals surface area contributed by atoms with E-state index in [-0.39, 0.29) is 18.2 Å². The zero-order valence-electron chi connectivity index (χ0n) is 19.5. The van der Waals surface area contributed by atoms with Gasteiger partial charge < -0.3 is 9.80 Å². The minimum absolute atomic E-state index is 0.0219. The molecular formula is C26H26N6O2S. The summed E-state index contributed by atoms with van der Waals surface area (Å²) >= 11 is 1.50. The predicted molar refractivity (Wildman–Crippen MR) is 133 cm³/mol. The van der Waals surface area contributed by atoms with Gasteiger partial charge in [-0.25, -0.2) is 4.98 Å². The average Bonchev–Trinajstić information content (AvgIpc) is 3.52. The highest BCUT2D eigenvalue weighted by Crippen LogP contribution is 2.25. The van der Waals surface area contributed by atoms with E-state index in [1.54, 1.807) is 29.9 Å². The van der Waals surface area contributed by atoms with Crippen molar-refractivity contribution in [1.82, 2.24) is 29.5 Å². The van der Waals surface area contributed by atoms with Crippen molar-refractivity contribution in [3.63, 3.8) is 0 Å². The van der Waals surface area contributed by atoms with Crippen molar-refractivity contribution < 1.29 is 9.59 Å². The van der Waals surface area contributed by atoms with E-state index in [4.69, 9.17) is 5.10 Å². The molecule has 0 spiro atoms. The van der Waals surface area contributed by atoms with Crippen molar-refractivity contribution in [2.45, 2.75) is 32.5 Å². The summed E-state index contributed by atoms with van der Waals surface area (Å²) < 4.78 is 1.93. The van der Waals surface area contributed by atoms with Gasteiger partial charge in [0.25, 0.3) is 5.91 Å². The van der Waals surface area contributed by atoms with Crippen LogP contribution in [0.3, 0.4) is 0 Å². The molecule has 0 bridgehead atoms. The van der Waals surface area contributed by atoms with Crippen LogP contribution in [0.5, 0.6) is 0 Å². The standard InChI is InChI=1S/C26H26N6O2S/c1-30(15-21-17-35-18-28-21)26(34)25-22-16-31(24(33)12-20-8-5-10-27-13-20)11-9-23(22)32(29-25)14-19-6-3-2-4-7-19/h2-8,10,13,17-18H,9,11-12,14-16H2,1H3. The summed E-state index contributed by atoms with van der Waals surface area (Å²) in [5, 5.41) is 6.71. The molecule has 0 fully saturated rings. The molecular weight excluding hydrogens is 460 g/mol. The lowest BCUT2D eigenvalue weighted by Crippen LogP contribution is -2.38.